The molecule has 0 amide bonds. The molecule has 0 saturated heterocycles. The highest BCUT2D eigenvalue weighted by Crippen LogP contribution is 2.28. The van der Waals surface area contributed by atoms with Gasteiger partial charge in [-0.3, -0.25) is 0 Å². The van der Waals surface area contributed by atoms with E-state index in [1.54, 1.807) is 12.1 Å². The number of nitrogens with one attached hydrogen (secondary N) is 2. The van der Waals surface area contributed by atoms with Crippen molar-refractivity contribution < 1.29 is 0 Å². The van der Waals surface area contributed by atoms with Crippen molar-refractivity contribution in [2.24, 2.45) is 5.84 Å². The van der Waals surface area contributed by atoms with E-state index in [9.17, 15) is 0 Å². The van der Waals surface area contributed by atoms with Crippen LogP contribution in [0.4, 0.5) is 17.3 Å². The first kappa shape index (κ1) is 12.2. The molecule has 1 aromatic heterocycles. The van der Waals surface area contributed by atoms with Crippen molar-refractivity contribution in [3.05, 3.63) is 45.9 Å². The van der Waals surface area contributed by atoms with Crippen molar-refractivity contribution in [2.75, 3.05) is 10.7 Å². The molecule has 0 spiro atoms. The Kier molecular flexibility index (Phi) is 3.83. The van der Waals surface area contributed by atoms with Gasteiger partial charge in [0.2, 0.25) is 0 Å². The van der Waals surface area contributed by atoms with Crippen LogP contribution >= 0.6 is 27.5 Å². The minimum atomic E-state index is 0.597. The average Bonchev–Trinajstić information content (AvgIpc) is 2.33. The molecule has 0 aliphatic heterocycles. The number of rotatable bonds is 3. The molecule has 0 radical (unpaired) electrons. The molecule has 0 aliphatic carbocycles. The van der Waals surface area contributed by atoms with Crippen molar-refractivity contribution >= 4 is 44.9 Å². The maximum absolute atomic E-state index is 5.87. The zero-order chi connectivity index (χ0) is 12.3. The first-order valence-electron chi connectivity index (χ1n) is 4.85. The Balaban J connectivity index is 2.25. The Morgan fingerprint density at radius 2 is 1.94 bits per heavy atom. The lowest BCUT2D eigenvalue weighted by Crippen LogP contribution is -2.08. The molecule has 17 heavy (non-hydrogen) atoms. The summed E-state index contributed by atoms with van der Waals surface area (Å²) in [5.74, 6) is 6.59. The van der Waals surface area contributed by atoms with E-state index in [4.69, 9.17) is 17.4 Å². The maximum Gasteiger partial charge on any atom is 0.142 e. The topological polar surface area (TPSA) is 63.0 Å². The Bertz CT molecular complexity index is 533. The summed E-state index contributed by atoms with van der Waals surface area (Å²) in [5, 5.41) is 3.84. The van der Waals surface area contributed by atoms with Crippen LogP contribution in [0.1, 0.15) is 0 Å². The summed E-state index contributed by atoms with van der Waals surface area (Å²) in [7, 11) is 0. The van der Waals surface area contributed by atoms with Gasteiger partial charge in [-0.2, -0.15) is 0 Å². The molecular weight excluding hydrogens is 304 g/mol. The van der Waals surface area contributed by atoms with Gasteiger partial charge in [-0.05, 0) is 46.3 Å². The second kappa shape index (κ2) is 5.35. The molecule has 0 aliphatic rings. The number of halogens is 2. The molecule has 2 aromatic rings. The first-order valence-corrected chi connectivity index (χ1v) is 6.02. The molecule has 1 aromatic carbocycles. The van der Waals surface area contributed by atoms with Gasteiger partial charge in [0.05, 0.1) is 5.69 Å². The summed E-state index contributed by atoms with van der Waals surface area (Å²) < 4.78 is 0.873. The van der Waals surface area contributed by atoms with Crippen LogP contribution < -0.4 is 16.6 Å². The zero-order valence-electron chi connectivity index (χ0n) is 8.74. The van der Waals surface area contributed by atoms with E-state index < -0.39 is 0 Å². The number of nitrogens with two attached hydrogens (primary N) is 1. The van der Waals surface area contributed by atoms with Crippen LogP contribution in [0.15, 0.2) is 40.9 Å². The zero-order valence-corrected chi connectivity index (χ0v) is 11.1. The van der Waals surface area contributed by atoms with Crippen LogP contribution in [0.5, 0.6) is 0 Å². The number of hydrogen-bond acceptors (Lipinski definition) is 4. The lowest BCUT2D eigenvalue weighted by atomic mass is 10.3. The smallest absolute Gasteiger partial charge is 0.142 e. The van der Waals surface area contributed by atoms with Gasteiger partial charge in [-0.1, -0.05) is 17.7 Å². The Labute approximate surface area is 112 Å². The number of hydrazine groups is 1. The molecule has 0 atom stereocenters. The van der Waals surface area contributed by atoms with E-state index in [1.807, 2.05) is 24.3 Å². The molecule has 6 heteroatoms. The van der Waals surface area contributed by atoms with E-state index in [0.29, 0.717) is 16.7 Å². The number of pyridine rings is 1. The number of hydrogen-bond donors (Lipinski definition) is 3. The monoisotopic (exact) mass is 312 g/mol. The number of benzene rings is 1. The van der Waals surface area contributed by atoms with Gasteiger partial charge >= 0.3 is 0 Å². The molecule has 4 N–H and O–H groups in total. The predicted molar refractivity (Wildman–Crippen MR) is 74.5 cm³/mol. The molecule has 88 valence electrons. The summed E-state index contributed by atoms with van der Waals surface area (Å²) in [6.45, 7) is 0. The minimum absolute atomic E-state index is 0.597. The lowest BCUT2D eigenvalue weighted by molar-refractivity contribution is 1.22. The fourth-order valence-electron chi connectivity index (χ4n) is 1.31. The molecule has 0 saturated carbocycles. The van der Waals surface area contributed by atoms with E-state index >= 15 is 0 Å². The van der Waals surface area contributed by atoms with Crippen LogP contribution in [0.3, 0.4) is 0 Å². The maximum atomic E-state index is 5.87. The van der Waals surface area contributed by atoms with Crippen molar-refractivity contribution in [3.8, 4) is 0 Å². The third-order valence-electron chi connectivity index (χ3n) is 2.09. The quantitative estimate of drug-likeness (QED) is 0.599. The standard InChI is InChI=1S/C11H10BrClN4/c12-8-6-7(13)4-5-9(8)15-10-2-1-3-11(16-10)17-14/h1-6H,14H2,(H2,15,16,17). The van der Waals surface area contributed by atoms with Gasteiger partial charge in [0.1, 0.15) is 11.6 Å². The SMILES string of the molecule is NNc1cccc(Nc2ccc(Cl)cc2Br)n1. The highest BCUT2D eigenvalue weighted by Gasteiger charge is 2.02. The summed E-state index contributed by atoms with van der Waals surface area (Å²) >= 11 is 9.29. The molecule has 0 bridgehead atoms. The molecule has 2 rings (SSSR count). The van der Waals surface area contributed by atoms with E-state index in [-0.39, 0.29) is 0 Å². The molecule has 0 fully saturated rings. The van der Waals surface area contributed by atoms with E-state index in [1.165, 1.54) is 0 Å². The van der Waals surface area contributed by atoms with Gasteiger partial charge in [-0.15, -0.1) is 0 Å². The summed E-state index contributed by atoms with van der Waals surface area (Å²) in [4.78, 5) is 4.25. The van der Waals surface area contributed by atoms with Crippen LogP contribution in [-0.4, -0.2) is 4.98 Å². The predicted octanol–water partition coefficient (Wildman–Crippen LogP) is 3.53. The van der Waals surface area contributed by atoms with Crippen molar-refractivity contribution in [3.63, 3.8) is 0 Å². The molecule has 4 nitrogen and oxygen atoms in total. The second-order valence-corrected chi connectivity index (χ2v) is 4.59. The van der Waals surface area contributed by atoms with Gasteiger partial charge < -0.3 is 10.7 Å². The van der Waals surface area contributed by atoms with Gasteiger partial charge in [0.15, 0.2) is 0 Å². The van der Waals surface area contributed by atoms with Crippen LogP contribution in [0.2, 0.25) is 5.02 Å². The van der Waals surface area contributed by atoms with E-state index in [0.717, 1.165) is 10.2 Å². The van der Waals surface area contributed by atoms with Gasteiger partial charge in [-0.25, -0.2) is 10.8 Å². The average molecular weight is 314 g/mol. The minimum Gasteiger partial charge on any atom is -0.339 e. The van der Waals surface area contributed by atoms with Crippen LogP contribution in [-0.2, 0) is 0 Å². The number of nitrogens with zero attached hydrogens (tertiary/aromatic N) is 1. The van der Waals surface area contributed by atoms with Gasteiger partial charge in [0, 0.05) is 9.50 Å². The Morgan fingerprint density at radius 1 is 1.18 bits per heavy atom. The third-order valence-corrected chi connectivity index (χ3v) is 2.98. The molecule has 0 unspecified atom stereocenters. The summed E-state index contributed by atoms with van der Waals surface area (Å²) in [5.41, 5.74) is 3.38. The van der Waals surface area contributed by atoms with E-state index in [2.05, 4.69) is 31.7 Å². The largest absolute Gasteiger partial charge is 0.339 e. The molecular formula is C11H10BrClN4. The third kappa shape index (κ3) is 3.09. The highest BCUT2D eigenvalue weighted by atomic mass is 79.9. The van der Waals surface area contributed by atoms with Crippen LogP contribution in [0.25, 0.3) is 0 Å². The van der Waals surface area contributed by atoms with Crippen molar-refractivity contribution in [2.45, 2.75) is 0 Å². The summed E-state index contributed by atoms with van der Waals surface area (Å²) in [6, 6.07) is 11.0. The highest BCUT2D eigenvalue weighted by molar-refractivity contribution is 9.10. The number of aromatic nitrogens is 1. The Morgan fingerprint density at radius 3 is 2.65 bits per heavy atom. The van der Waals surface area contributed by atoms with Crippen molar-refractivity contribution in [1.29, 1.82) is 0 Å². The van der Waals surface area contributed by atoms with Gasteiger partial charge in [0.25, 0.3) is 0 Å². The molecule has 1 heterocycles. The second-order valence-electron chi connectivity index (χ2n) is 3.30. The van der Waals surface area contributed by atoms with Crippen molar-refractivity contribution in [1.82, 2.24) is 4.98 Å². The first-order chi connectivity index (χ1) is 8.19. The summed E-state index contributed by atoms with van der Waals surface area (Å²) in [6.07, 6.45) is 0. The van der Waals surface area contributed by atoms with Crippen LogP contribution in [0, 0.1) is 0 Å². The lowest BCUT2D eigenvalue weighted by Gasteiger charge is -2.09. The number of nitrogen functional groups attached to an aromatic ring is 1. The fourth-order valence-corrected chi connectivity index (χ4v) is 2.10. The normalized spacial score (nSPS) is 10.1. The Hall–Kier alpha value is -1.30. The fraction of sp³-hybridized carbons (Fsp3) is 0. The number of anilines is 3.